The van der Waals surface area contributed by atoms with Crippen molar-refractivity contribution in [1.29, 1.82) is 0 Å². The second-order valence-electron chi connectivity index (χ2n) is 6.64. The average molecular weight is 367 g/mol. The van der Waals surface area contributed by atoms with Crippen LogP contribution in [0.2, 0.25) is 0 Å². The van der Waals surface area contributed by atoms with Crippen molar-refractivity contribution < 1.29 is 19.1 Å². The molecule has 1 aliphatic rings. The highest BCUT2D eigenvalue weighted by Crippen LogP contribution is 2.27. The van der Waals surface area contributed by atoms with E-state index in [1.165, 1.54) is 6.08 Å². The summed E-state index contributed by atoms with van der Waals surface area (Å²) in [6.07, 6.45) is 2.32. The molecule has 0 saturated carbocycles. The van der Waals surface area contributed by atoms with E-state index in [4.69, 9.17) is 21.1 Å². The maximum atomic E-state index is 12.4. The molecule has 7 heteroatoms. The van der Waals surface area contributed by atoms with Crippen molar-refractivity contribution in [1.82, 2.24) is 4.90 Å². The molecule has 2 amide bonds. The van der Waals surface area contributed by atoms with E-state index in [2.05, 4.69) is 5.32 Å². The topological polar surface area (TPSA) is 67.9 Å². The Morgan fingerprint density at radius 1 is 1.36 bits per heavy atom. The number of alkyl halides is 1. The number of methoxy groups -OCH3 is 1. The number of benzene rings is 1. The van der Waals surface area contributed by atoms with Gasteiger partial charge >= 0.3 is 6.09 Å². The number of hydrogen-bond acceptors (Lipinski definition) is 5. The number of imide groups is 1. The number of rotatable bonds is 5. The third kappa shape index (κ3) is 4.66. The Morgan fingerprint density at radius 2 is 2.04 bits per heavy atom. The lowest BCUT2D eigenvalue weighted by Crippen LogP contribution is -2.50. The zero-order chi connectivity index (χ0) is 18.6. The Kier molecular flexibility index (Phi) is 5.95. The number of amides is 2. The summed E-state index contributed by atoms with van der Waals surface area (Å²) in [5.74, 6) is 0.408. The van der Waals surface area contributed by atoms with E-state index in [-0.39, 0.29) is 5.88 Å². The van der Waals surface area contributed by atoms with Gasteiger partial charge in [-0.05, 0) is 32.9 Å². The van der Waals surface area contributed by atoms with Crippen molar-refractivity contribution in [3.05, 3.63) is 36.4 Å². The fourth-order valence-corrected chi connectivity index (χ4v) is 2.77. The van der Waals surface area contributed by atoms with Crippen molar-refractivity contribution in [2.75, 3.05) is 18.3 Å². The number of halogens is 1. The molecule has 0 aliphatic carbocycles. The first-order chi connectivity index (χ1) is 11.8. The van der Waals surface area contributed by atoms with E-state index in [9.17, 15) is 9.59 Å². The van der Waals surface area contributed by atoms with Gasteiger partial charge in [-0.1, -0.05) is 18.2 Å². The first-order valence-electron chi connectivity index (χ1n) is 7.96. The van der Waals surface area contributed by atoms with Crippen LogP contribution in [-0.4, -0.2) is 47.6 Å². The smallest absolute Gasteiger partial charge is 0.417 e. The number of hydrogen-bond donors (Lipinski definition) is 1. The molecule has 25 heavy (non-hydrogen) atoms. The van der Waals surface area contributed by atoms with Gasteiger partial charge in [-0.15, -0.1) is 11.6 Å². The van der Waals surface area contributed by atoms with Gasteiger partial charge in [0, 0.05) is 12.0 Å². The zero-order valence-corrected chi connectivity index (χ0v) is 15.5. The van der Waals surface area contributed by atoms with Gasteiger partial charge in [0.05, 0.1) is 24.9 Å². The van der Waals surface area contributed by atoms with Crippen LogP contribution in [0.3, 0.4) is 0 Å². The highest BCUT2D eigenvalue weighted by molar-refractivity contribution is 6.18. The van der Waals surface area contributed by atoms with Crippen LogP contribution in [0, 0.1) is 0 Å². The Morgan fingerprint density at radius 3 is 2.64 bits per heavy atom. The van der Waals surface area contributed by atoms with Gasteiger partial charge in [0.25, 0.3) is 5.91 Å². The van der Waals surface area contributed by atoms with E-state index in [1.807, 2.05) is 24.3 Å². The molecular weight excluding hydrogens is 344 g/mol. The van der Waals surface area contributed by atoms with E-state index in [0.29, 0.717) is 5.75 Å². The molecule has 1 aromatic carbocycles. The number of anilines is 1. The minimum Gasteiger partial charge on any atom is -0.495 e. The quantitative estimate of drug-likeness (QED) is 0.809. The second kappa shape index (κ2) is 7.78. The summed E-state index contributed by atoms with van der Waals surface area (Å²) in [4.78, 5) is 25.7. The molecule has 0 fully saturated rings. The Balaban J connectivity index is 2.21. The van der Waals surface area contributed by atoms with Crippen LogP contribution in [0.5, 0.6) is 5.75 Å². The van der Waals surface area contributed by atoms with Crippen molar-refractivity contribution in [3.8, 4) is 5.75 Å². The number of para-hydroxylation sites is 2. The summed E-state index contributed by atoms with van der Waals surface area (Å²) in [7, 11) is 1.57. The number of carbonyl (C=O) groups is 2. The van der Waals surface area contributed by atoms with Crippen LogP contribution in [0.15, 0.2) is 36.4 Å². The highest BCUT2D eigenvalue weighted by Gasteiger charge is 2.39. The van der Waals surface area contributed by atoms with Crippen molar-refractivity contribution in [2.24, 2.45) is 0 Å². The molecule has 0 bridgehead atoms. The molecule has 2 atom stereocenters. The van der Waals surface area contributed by atoms with Crippen LogP contribution < -0.4 is 10.1 Å². The first kappa shape index (κ1) is 19.1. The minimum absolute atomic E-state index is 0.180. The summed E-state index contributed by atoms with van der Waals surface area (Å²) < 4.78 is 10.7. The molecule has 2 rings (SSSR count). The fraction of sp³-hybridized carbons (Fsp3) is 0.444. The lowest BCUT2D eigenvalue weighted by atomic mass is 10.1. The zero-order valence-electron chi connectivity index (χ0n) is 14.8. The van der Waals surface area contributed by atoms with Gasteiger partial charge in [-0.2, -0.15) is 0 Å². The third-order valence-corrected chi connectivity index (χ3v) is 3.92. The summed E-state index contributed by atoms with van der Waals surface area (Å²) in [6.45, 7) is 5.25. The summed E-state index contributed by atoms with van der Waals surface area (Å²) in [5.41, 5.74) is 0.0318. The molecule has 1 heterocycles. The molecule has 6 nitrogen and oxygen atoms in total. The molecular formula is C18H23ClN2O4. The lowest BCUT2D eigenvalue weighted by Gasteiger charge is -2.32. The summed E-state index contributed by atoms with van der Waals surface area (Å²) >= 11 is 6.12. The van der Waals surface area contributed by atoms with Crippen molar-refractivity contribution in [3.63, 3.8) is 0 Å². The van der Waals surface area contributed by atoms with Crippen LogP contribution in [0.4, 0.5) is 10.5 Å². The summed E-state index contributed by atoms with van der Waals surface area (Å²) in [5, 5.41) is 3.25. The molecule has 0 saturated heterocycles. The Bertz CT molecular complexity index is 669. The van der Waals surface area contributed by atoms with E-state index in [1.54, 1.807) is 34.0 Å². The van der Waals surface area contributed by atoms with Gasteiger partial charge in [0.1, 0.15) is 11.4 Å². The Hall–Kier alpha value is -2.21. The molecule has 0 aromatic heterocycles. The number of nitrogens with zero attached hydrogens (tertiary/aromatic N) is 1. The van der Waals surface area contributed by atoms with Gasteiger partial charge in [0.15, 0.2) is 0 Å². The maximum absolute atomic E-state index is 12.4. The Labute approximate surface area is 152 Å². The van der Waals surface area contributed by atoms with Crippen molar-refractivity contribution >= 4 is 29.3 Å². The molecule has 1 N–H and O–H groups in total. The van der Waals surface area contributed by atoms with Gasteiger partial charge < -0.3 is 14.8 Å². The number of nitrogens with one attached hydrogen (secondary N) is 1. The molecule has 1 aromatic rings. The van der Waals surface area contributed by atoms with E-state index in [0.717, 1.165) is 10.6 Å². The second-order valence-corrected chi connectivity index (χ2v) is 6.95. The largest absolute Gasteiger partial charge is 0.495 e. The SMILES string of the molecule is COc1ccccc1N[C@H](CCl)[C@@H]1C=CC(=O)N1C(=O)OC(C)(C)C. The van der Waals surface area contributed by atoms with Crippen LogP contribution in [-0.2, 0) is 9.53 Å². The lowest BCUT2D eigenvalue weighted by molar-refractivity contribution is -0.125. The normalized spacial score (nSPS) is 18.2. The average Bonchev–Trinajstić information content (AvgIpc) is 2.93. The van der Waals surface area contributed by atoms with Gasteiger partial charge in [-0.3, -0.25) is 4.79 Å². The summed E-state index contributed by atoms with van der Waals surface area (Å²) in [6, 6.07) is 6.42. The van der Waals surface area contributed by atoms with Gasteiger partial charge in [0.2, 0.25) is 0 Å². The van der Waals surface area contributed by atoms with Crippen molar-refractivity contribution in [2.45, 2.75) is 38.5 Å². The predicted molar refractivity (Wildman–Crippen MR) is 97.1 cm³/mol. The van der Waals surface area contributed by atoms with E-state index >= 15 is 0 Å². The molecule has 0 spiro atoms. The van der Waals surface area contributed by atoms with E-state index < -0.39 is 29.7 Å². The number of carbonyl (C=O) groups excluding carboxylic acids is 2. The monoisotopic (exact) mass is 366 g/mol. The molecule has 136 valence electrons. The standard InChI is InChI=1S/C18H23ClN2O4/c1-18(2,3)25-17(23)21-14(9-10-16(21)22)13(11-19)20-12-7-5-6-8-15(12)24-4/h5-10,13-14,20H,11H2,1-4H3/t13-,14+/m1/s1. The first-order valence-corrected chi connectivity index (χ1v) is 8.50. The van der Waals surface area contributed by atoms with Crippen LogP contribution in [0.25, 0.3) is 0 Å². The predicted octanol–water partition coefficient (Wildman–Crippen LogP) is 3.42. The minimum atomic E-state index is -0.697. The molecule has 1 aliphatic heterocycles. The maximum Gasteiger partial charge on any atom is 0.417 e. The fourth-order valence-electron chi connectivity index (χ4n) is 2.51. The number of ether oxygens (including phenoxy) is 2. The van der Waals surface area contributed by atoms with Crippen LogP contribution in [0.1, 0.15) is 20.8 Å². The molecule has 0 unspecified atom stereocenters. The van der Waals surface area contributed by atoms with Crippen LogP contribution >= 0.6 is 11.6 Å². The highest BCUT2D eigenvalue weighted by atomic mass is 35.5. The third-order valence-electron chi connectivity index (χ3n) is 3.59. The molecule has 0 radical (unpaired) electrons. The van der Waals surface area contributed by atoms with Gasteiger partial charge in [-0.25, -0.2) is 9.69 Å².